The van der Waals surface area contributed by atoms with Crippen LogP contribution in [-0.2, 0) is 5.41 Å². The Balaban J connectivity index is 2.31. The van der Waals surface area contributed by atoms with Crippen LogP contribution in [0.4, 0.5) is 0 Å². The lowest BCUT2D eigenvalue weighted by molar-refractivity contribution is 0.297. The third-order valence-corrected chi connectivity index (χ3v) is 5.72. The van der Waals surface area contributed by atoms with Crippen molar-refractivity contribution in [1.29, 1.82) is 0 Å². The van der Waals surface area contributed by atoms with Crippen LogP contribution < -0.4 is 14.2 Å². The normalized spacial score (nSPS) is 11.9. The van der Waals surface area contributed by atoms with Gasteiger partial charge in [-0.25, -0.2) is 0 Å². The fraction of sp³-hybridized carbons (Fsp3) is 0.350. The van der Waals surface area contributed by atoms with Crippen molar-refractivity contribution < 1.29 is 18.6 Å². The van der Waals surface area contributed by atoms with E-state index in [-0.39, 0.29) is 5.41 Å². The summed E-state index contributed by atoms with van der Waals surface area (Å²) in [5, 5.41) is 3.12. The van der Waals surface area contributed by atoms with Gasteiger partial charge in [0.05, 0.1) is 32.2 Å². The standard InChI is InChI=1S/C20H23O4P/c1-20(2,3)17-18(23-6)24-19(25-17)14-11-15(21-4)12-9-7-8-10-13(12)16(14)22-5/h7-11H,1-6H3. The highest BCUT2D eigenvalue weighted by Crippen LogP contribution is 2.50. The van der Waals surface area contributed by atoms with Crippen molar-refractivity contribution in [2.45, 2.75) is 26.2 Å². The van der Waals surface area contributed by atoms with Crippen molar-refractivity contribution in [2.75, 3.05) is 21.3 Å². The van der Waals surface area contributed by atoms with E-state index in [1.807, 2.05) is 30.3 Å². The second-order valence-corrected chi connectivity index (χ2v) is 7.89. The fourth-order valence-corrected chi connectivity index (χ4v) is 4.08. The third-order valence-electron chi connectivity index (χ3n) is 4.10. The van der Waals surface area contributed by atoms with Gasteiger partial charge in [0.25, 0.3) is 5.95 Å². The maximum atomic E-state index is 6.05. The maximum absolute atomic E-state index is 6.05. The zero-order valence-corrected chi connectivity index (χ0v) is 16.4. The van der Waals surface area contributed by atoms with Gasteiger partial charge in [-0.15, -0.1) is 0 Å². The van der Waals surface area contributed by atoms with Crippen LogP contribution in [0.25, 0.3) is 21.8 Å². The van der Waals surface area contributed by atoms with Crippen LogP contribution in [0.15, 0.2) is 34.7 Å². The highest BCUT2D eigenvalue weighted by atomic mass is 31.0. The highest BCUT2D eigenvalue weighted by molar-refractivity contribution is 7.34. The van der Waals surface area contributed by atoms with E-state index in [1.165, 1.54) is 0 Å². The van der Waals surface area contributed by atoms with Crippen molar-refractivity contribution in [1.82, 2.24) is 0 Å². The first-order valence-electron chi connectivity index (χ1n) is 8.10. The summed E-state index contributed by atoms with van der Waals surface area (Å²) in [6.07, 6.45) is 0. The summed E-state index contributed by atoms with van der Waals surface area (Å²) in [5.74, 6) is 2.14. The van der Waals surface area contributed by atoms with Gasteiger partial charge in [0.15, 0.2) is 5.49 Å². The molecule has 0 atom stereocenters. The maximum Gasteiger partial charge on any atom is 0.293 e. The number of methoxy groups -OCH3 is 3. The summed E-state index contributed by atoms with van der Waals surface area (Å²) in [7, 11) is 5.97. The number of hydrogen-bond acceptors (Lipinski definition) is 4. The van der Waals surface area contributed by atoms with Gasteiger partial charge in [0.2, 0.25) is 0 Å². The topological polar surface area (TPSA) is 40.8 Å². The van der Waals surface area contributed by atoms with Crippen LogP contribution in [0.3, 0.4) is 0 Å². The van der Waals surface area contributed by atoms with Crippen molar-refractivity contribution in [2.24, 2.45) is 0 Å². The van der Waals surface area contributed by atoms with Crippen LogP contribution in [0.2, 0.25) is 0 Å². The highest BCUT2D eigenvalue weighted by Gasteiger charge is 2.27. The van der Waals surface area contributed by atoms with E-state index in [0.29, 0.717) is 5.95 Å². The largest absolute Gasteiger partial charge is 0.496 e. The van der Waals surface area contributed by atoms with Crippen LogP contribution in [0.5, 0.6) is 17.4 Å². The molecule has 0 aliphatic carbocycles. The van der Waals surface area contributed by atoms with Gasteiger partial charge in [-0.1, -0.05) is 45.0 Å². The molecule has 4 nitrogen and oxygen atoms in total. The van der Waals surface area contributed by atoms with E-state index in [0.717, 1.165) is 46.8 Å². The molecule has 3 rings (SSSR count). The summed E-state index contributed by atoms with van der Waals surface area (Å²) in [6.45, 7) is 6.45. The lowest BCUT2D eigenvalue weighted by Gasteiger charge is -2.16. The molecule has 2 aromatic carbocycles. The molecular formula is C20H23O4P. The Morgan fingerprint density at radius 3 is 2.12 bits per heavy atom. The molecule has 5 heteroatoms. The van der Waals surface area contributed by atoms with E-state index >= 15 is 0 Å². The average Bonchev–Trinajstić information content (AvgIpc) is 3.05. The molecule has 0 aliphatic heterocycles. The molecule has 0 saturated carbocycles. The van der Waals surface area contributed by atoms with Gasteiger partial charge in [0.1, 0.15) is 11.5 Å². The Hall–Kier alpha value is -2.19. The molecule has 0 radical (unpaired) electrons. The van der Waals surface area contributed by atoms with E-state index in [1.54, 1.807) is 21.3 Å². The van der Waals surface area contributed by atoms with Crippen molar-refractivity contribution >= 4 is 19.0 Å². The van der Waals surface area contributed by atoms with Crippen LogP contribution in [0.1, 0.15) is 26.1 Å². The summed E-state index contributed by atoms with van der Waals surface area (Å²) < 4.78 is 22.9. The predicted octanol–water partition coefficient (Wildman–Crippen LogP) is 6.00. The van der Waals surface area contributed by atoms with Gasteiger partial charge in [-0.3, -0.25) is 0 Å². The molecule has 0 fully saturated rings. The minimum Gasteiger partial charge on any atom is -0.496 e. The first-order chi connectivity index (χ1) is 11.9. The molecule has 0 saturated heterocycles. The summed E-state index contributed by atoms with van der Waals surface area (Å²) in [5.41, 5.74) is 1.62. The Morgan fingerprint density at radius 1 is 0.920 bits per heavy atom. The van der Waals surface area contributed by atoms with E-state index in [2.05, 4.69) is 20.8 Å². The second-order valence-electron chi connectivity index (χ2n) is 6.81. The minimum absolute atomic E-state index is 0.0528. The van der Waals surface area contributed by atoms with Gasteiger partial charge < -0.3 is 18.6 Å². The zero-order chi connectivity index (χ0) is 18.2. The molecule has 0 N–H and O–H groups in total. The van der Waals surface area contributed by atoms with Gasteiger partial charge in [-0.2, -0.15) is 0 Å². The number of ether oxygens (including phenoxy) is 3. The molecule has 3 aromatic rings. The van der Waals surface area contributed by atoms with Crippen LogP contribution >= 0.6 is 8.19 Å². The van der Waals surface area contributed by atoms with Gasteiger partial charge in [-0.05, 0) is 19.7 Å². The average molecular weight is 358 g/mol. The van der Waals surface area contributed by atoms with E-state index in [4.69, 9.17) is 18.6 Å². The Morgan fingerprint density at radius 2 is 1.60 bits per heavy atom. The SMILES string of the molecule is COc1oc(-c2cc(OC)c3ccccc3c2OC)pc1C(C)(C)C. The number of benzene rings is 2. The molecule has 1 heterocycles. The molecule has 0 unspecified atom stereocenters. The van der Waals surface area contributed by atoms with Crippen molar-refractivity contribution in [3.05, 3.63) is 35.6 Å². The van der Waals surface area contributed by atoms with E-state index < -0.39 is 0 Å². The monoisotopic (exact) mass is 358 g/mol. The molecule has 1 aromatic heterocycles. The molecule has 0 spiro atoms. The molecule has 132 valence electrons. The van der Waals surface area contributed by atoms with Gasteiger partial charge in [0, 0.05) is 10.8 Å². The van der Waals surface area contributed by atoms with Crippen molar-refractivity contribution in [3.63, 3.8) is 0 Å². The smallest absolute Gasteiger partial charge is 0.293 e. The molecular weight excluding hydrogens is 335 g/mol. The molecule has 0 amide bonds. The number of rotatable bonds is 4. The van der Waals surface area contributed by atoms with Crippen molar-refractivity contribution in [3.8, 4) is 28.5 Å². The van der Waals surface area contributed by atoms with E-state index in [9.17, 15) is 0 Å². The Bertz CT molecular complexity index is 906. The first kappa shape index (κ1) is 17.6. The van der Waals surface area contributed by atoms with Crippen LogP contribution in [-0.4, -0.2) is 21.3 Å². The predicted molar refractivity (Wildman–Crippen MR) is 103 cm³/mol. The fourth-order valence-electron chi connectivity index (χ4n) is 2.90. The Labute approximate surface area is 149 Å². The van der Waals surface area contributed by atoms with Crippen LogP contribution in [0, 0.1) is 0 Å². The number of fused-ring (bicyclic) bond motifs is 1. The lowest BCUT2D eigenvalue weighted by Crippen LogP contribution is -2.09. The molecule has 25 heavy (non-hydrogen) atoms. The third kappa shape index (κ3) is 3.07. The quantitative estimate of drug-likeness (QED) is 0.573. The number of hydrogen-bond donors (Lipinski definition) is 0. The summed E-state index contributed by atoms with van der Waals surface area (Å²) in [6, 6.07) is 10.0. The summed E-state index contributed by atoms with van der Waals surface area (Å²) in [4.78, 5) is 0. The molecule has 0 aliphatic rings. The summed E-state index contributed by atoms with van der Waals surface area (Å²) >= 11 is 0. The molecule has 0 bridgehead atoms. The zero-order valence-electron chi connectivity index (χ0n) is 15.5. The first-order valence-corrected chi connectivity index (χ1v) is 8.99. The second kappa shape index (κ2) is 6.61. The Kier molecular flexibility index (Phi) is 4.66. The minimum atomic E-state index is -0.0528. The van der Waals surface area contributed by atoms with Gasteiger partial charge >= 0.3 is 0 Å². The lowest BCUT2D eigenvalue weighted by atomic mass is 9.95.